The number of rotatable bonds is 5. The summed E-state index contributed by atoms with van der Waals surface area (Å²) in [6, 6.07) is 0. The van der Waals surface area contributed by atoms with Crippen molar-refractivity contribution in [3.63, 3.8) is 0 Å². The minimum absolute atomic E-state index is 0.0219. The Hall–Kier alpha value is -1.63. The lowest BCUT2D eigenvalue weighted by atomic mass is 10.3. The third-order valence-corrected chi connectivity index (χ3v) is 2.83. The number of nitrogens with zero attached hydrogens (tertiary/aromatic N) is 2. The van der Waals surface area contributed by atoms with Gasteiger partial charge in [-0.25, -0.2) is 4.98 Å². The molecular weight excluding hydrogens is 228 g/mol. The molecule has 0 aromatic carbocycles. The first kappa shape index (κ1) is 10.9. The van der Waals surface area contributed by atoms with Crippen LogP contribution in [0.2, 0.25) is 0 Å². The van der Waals surface area contributed by atoms with Crippen LogP contribution in [-0.2, 0) is 9.63 Å². The summed E-state index contributed by atoms with van der Waals surface area (Å²) in [5.41, 5.74) is 11.0. The summed E-state index contributed by atoms with van der Waals surface area (Å²) in [5.74, 6) is -0.0977. The van der Waals surface area contributed by atoms with Crippen molar-refractivity contribution in [2.45, 2.75) is 12.8 Å². The monoisotopic (exact) mass is 240 g/mol. The zero-order valence-electron chi connectivity index (χ0n) is 8.55. The summed E-state index contributed by atoms with van der Waals surface area (Å²) in [4.78, 5) is 20.1. The van der Waals surface area contributed by atoms with Crippen LogP contribution in [0, 0.1) is 5.92 Å². The highest BCUT2D eigenvalue weighted by Gasteiger charge is 2.22. The van der Waals surface area contributed by atoms with Crippen molar-refractivity contribution in [2.75, 3.05) is 12.3 Å². The third-order valence-electron chi connectivity index (χ3n) is 2.16. The minimum atomic E-state index is -0.666. The van der Waals surface area contributed by atoms with E-state index in [9.17, 15) is 4.79 Å². The Morgan fingerprint density at radius 1 is 1.69 bits per heavy atom. The van der Waals surface area contributed by atoms with Gasteiger partial charge in [-0.15, -0.1) is 11.3 Å². The predicted molar refractivity (Wildman–Crippen MR) is 60.9 cm³/mol. The van der Waals surface area contributed by atoms with Gasteiger partial charge in [0, 0.05) is 5.38 Å². The molecule has 0 spiro atoms. The number of hydrogen-bond donors (Lipinski definition) is 2. The van der Waals surface area contributed by atoms with Gasteiger partial charge in [0.25, 0.3) is 5.91 Å². The van der Waals surface area contributed by atoms with Gasteiger partial charge in [0.1, 0.15) is 12.3 Å². The summed E-state index contributed by atoms with van der Waals surface area (Å²) >= 11 is 1.22. The van der Waals surface area contributed by atoms with Gasteiger partial charge >= 0.3 is 0 Å². The molecule has 1 amide bonds. The first-order valence-corrected chi connectivity index (χ1v) is 5.76. The Kier molecular flexibility index (Phi) is 3.04. The first-order valence-electron chi connectivity index (χ1n) is 4.88. The minimum Gasteiger partial charge on any atom is -0.395 e. The van der Waals surface area contributed by atoms with Crippen LogP contribution in [0.25, 0.3) is 0 Å². The maximum atomic E-state index is 11.1. The Bertz CT molecular complexity index is 425. The summed E-state index contributed by atoms with van der Waals surface area (Å²) < 4.78 is 0. The Labute approximate surface area is 96.3 Å². The average Bonchev–Trinajstić information content (AvgIpc) is 2.95. The van der Waals surface area contributed by atoms with Crippen molar-refractivity contribution >= 4 is 28.1 Å². The van der Waals surface area contributed by atoms with Crippen LogP contribution >= 0.6 is 11.3 Å². The fraction of sp³-hybridized carbons (Fsp3) is 0.444. The molecule has 0 unspecified atom stereocenters. The molecule has 0 radical (unpaired) electrons. The zero-order chi connectivity index (χ0) is 11.5. The Balaban J connectivity index is 2.06. The average molecular weight is 240 g/mol. The third kappa shape index (κ3) is 2.69. The van der Waals surface area contributed by atoms with Gasteiger partial charge in [-0.3, -0.25) is 4.79 Å². The molecule has 86 valence electrons. The molecular formula is C9H12N4O2S. The maximum absolute atomic E-state index is 11.1. The molecule has 1 fully saturated rings. The van der Waals surface area contributed by atoms with Crippen molar-refractivity contribution in [2.24, 2.45) is 16.8 Å². The number of oxime groups is 1. The molecule has 7 heteroatoms. The lowest BCUT2D eigenvalue weighted by Crippen LogP contribution is -2.25. The van der Waals surface area contributed by atoms with Crippen molar-refractivity contribution < 1.29 is 9.63 Å². The van der Waals surface area contributed by atoms with E-state index in [0.717, 1.165) is 12.8 Å². The van der Waals surface area contributed by atoms with Gasteiger partial charge in [-0.2, -0.15) is 0 Å². The fourth-order valence-corrected chi connectivity index (χ4v) is 1.65. The quantitative estimate of drug-likeness (QED) is 0.572. The number of amides is 1. The van der Waals surface area contributed by atoms with Crippen LogP contribution in [-0.4, -0.2) is 23.2 Å². The Morgan fingerprint density at radius 3 is 2.94 bits per heavy atom. The highest BCUT2D eigenvalue weighted by atomic mass is 32.1. The molecule has 6 nitrogen and oxygen atoms in total. The van der Waals surface area contributed by atoms with E-state index >= 15 is 0 Å². The molecule has 1 aromatic heterocycles. The number of nitrogens with two attached hydrogens (primary N) is 2. The van der Waals surface area contributed by atoms with Crippen LogP contribution in [0.5, 0.6) is 0 Å². The van der Waals surface area contributed by atoms with E-state index < -0.39 is 5.91 Å². The van der Waals surface area contributed by atoms with Crippen molar-refractivity contribution in [1.29, 1.82) is 0 Å². The lowest BCUT2D eigenvalue weighted by molar-refractivity contribution is -0.112. The molecule has 1 saturated carbocycles. The van der Waals surface area contributed by atoms with Gasteiger partial charge < -0.3 is 16.3 Å². The molecule has 0 bridgehead atoms. The van der Waals surface area contributed by atoms with Crippen LogP contribution in [0.4, 0.5) is 5.13 Å². The number of anilines is 1. The molecule has 16 heavy (non-hydrogen) atoms. The molecule has 0 atom stereocenters. The van der Waals surface area contributed by atoms with E-state index in [1.807, 2.05) is 0 Å². The molecule has 1 aliphatic rings. The summed E-state index contributed by atoms with van der Waals surface area (Å²) in [6.45, 7) is 0.524. The number of nitrogen functional groups attached to an aromatic ring is 1. The Morgan fingerprint density at radius 2 is 2.44 bits per heavy atom. The number of carbonyl (C=O) groups is 1. The van der Waals surface area contributed by atoms with E-state index in [1.54, 1.807) is 5.38 Å². The van der Waals surface area contributed by atoms with Crippen molar-refractivity contribution in [1.82, 2.24) is 4.98 Å². The second kappa shape index (κ2) is 4.48. The maximum Gasteiger partial charge on any atom is 0.273 e. The van der Waals surface area contributed by atoms with E-state index in [-0.39, 0.29) is 5.71 Å². The summed E-state index contributed by atoms with van der Waals surface area (Å²) in [7, 11) is 0. The largest absolute Gasteiger partial charge is 0.395 e. The number of carbonyl (C=O) groups excluding carboxylic acids is 1. The first-order chi connectivity index (χ1) is 7.66. The topological polar surface area (TPSA) is 104 Å². The van der Waals surface area contributed by atoms with Crippen LogP contribution < -0.4 is 11.5 Å². The van der Waals surface area contributed by atoms with E-state index in [4.69, 9.17) is 16.3 Å². The van der Waals surface area contributed by atoms with Gasteiger partial charge in [0.2, 0.25) is 0 Å². The molecule has 1 heterocycles. The van der Waals surface area contributed by atoms with Gasteiger partial charge in [-0.05, 0) is 18.8 Å². The van der Waals surface area contributed by atoms with E-state index in [0.29, 0.717) is 23.4 Å². The molecule has 1 aliphatic carbocycles. The van der Waals surface area contributed by atoms with Crippen LogP contribution in [0.3, 0.4) is 0 Å². The second-order valence-corrected chi connectivity index (χ2v) is 4.50. The van der Waals surface area contributed by atoms with E-state index in [2.05, 4.69) is 10.1 Å². The molecule has 0 saturated heterocycles. The van der Waals surface area contributed by atoms with Crippen LogP contribution in [0.15, 0.2) is 10.5 Å². The fourth-order valence-electron chi connectivity index (χ4n) is 1.11. The highest BCUT2D eigenvalue weighted by Crippen LogP contribution is 2.28. The molecule has 2 rings (SSSR count). The molecule has 4 N–H and O–H groups in total. The number of hydrogen-bond acceptors (Lipinski definition) is 6. The lowest BCUT2D eigenvalue weighted by Gasteiger charge is -1.99. The SMILES string of the molecule is NC(=O)/C(=N\OCC1CC1)c1csc(N)n1. The normalized spacial score (nSPS) is 16.1. The van der Waals surface area contributed by atoms with Gasteiger partial charge in [-0.1, -0.05) is 5.16 Å². The standard InChI is InChI=1S/C9H12N4O2S/c10-8(14)7(6-4-16-9(11)12-6)13-15-3-5-1-2-5/h4-5H,1-3H2,(H2,10,14)(H2,11,12)/b13-7-. The molecule has 1 aromatic rings. The summed E-state index contributed by atoms with van der Waals surface area (Å²) in [5, 5.41) is 5.71. The highest BCUT2D eigenvalue weighted by molar-refractivity contribution is 7.13. The van der Waals surface area contributed by atoms with Crippen molar-refractivity contribution in [3.05, 3.63) is 11.1 Å². The van der Waals surface area contributed by atoms with E-state index in [1.165, 1.54) is 11.3 Å². The molecule has 0 aliphatic heterocycles. The smallest absolute Gasteiger partial charge is 0.273 e. The van der Waals surface area contributed by atoms with Gasteiger partial charge in [0.05, 0.1) is 0 Å². The van der Waals surface area contributed by atoms with Gasteiger partial charge in [0.15, 0.2) is 10.8 Å². The zero-order valence-corrected chi connectivity index (χ0v) is 9.37. The second-order valence-electron chi connectivity index (χ2n) is 3.61. The van der Waals surface area contributed by atoms with Crippen molar-refractivity contribution in [3.8, 4) is 0 Å². The number of thiazole rings is 1. The number of primary amides is 1. The summed E-state index contributed by atoms with van der Waals surface area (Å²) in [6.07, 6.45) is 2.32. The number of aromatic nitrogens is 1. The van der Waals surface area contributed by atoms with Crippen LogP contribution in [0.1, 0.15) is 18.5 Å². The predicted octanol–water partition coefficient (Wildman–Crippen LogP) is 0.341.